The lowest BCUT2D eigenvalue weighted by Crippen LogP contribution is -2.31. The Morgan fingerprint density at radius 3 is 2.33 bits per heavy atom. The van der Waals surface area contributed by atoms with Gasteiger partial charge in [0.25, 0.3) is 0 Å². The van der Waals surface area contributed by atoms with E-state index in [1.165, 1.54) is 38.6 Å². The second kappa shape index (κ2) is 10.5. The van der Waals surface area contributed by atoms with Gasteiger partial charge in [-0.3, -0.25) is 4.90 Å². The molecular formula is C17H36N2O2. The average molecular weight is 300 g/mol. The Kier molecular flexibility index (Phi) is 9.49. The molecule has 0 spiro atoms. The average Bonchev–Trinajstić information content (AvgIpc) is 3.08. The molecule has 4 atom stereocenters. The summed E-state index contributed by atoms with van der Waals surface area (Å²) >= 11 is 0. The number of likely N-dealkylation sites (tertiary alicyclic amines) is 1. The Morgan fingerprint density at radius 2 is 1.86 bits per heavy atom. The van der Waals surface area contributed by atoms with Crippen molar-refractivity contribution < 1.29 is 9.47 Å². The van der Waals surface area contributed by atoms with E-state index in [0.29, 0.717) is 12.1 Å². The van der Waals surface area contributed by atoms with E-state index in [9.17, 15) is 0 Å². The lowest BCUT2D eigenvalue weighted by Gasteiger charge is -2.19. The number of hydrogen-bond donors (Lipinski definition) is 1. The van der Waals surface area contributed by atoms with E-state index in [1.807, 2.05) is 7.11 Å². The molecule has 2 heterocycles. The first-order valence-corrected chi connectivity index (χ1v) is 8.66. The normalized spacial score (nSPS) is 33.0. The third kappa shape index (κ3) is 6.64. The van der Waals surface area contributed by atoms with Gasteiger partial charge < -0.3 is 14.8 Å². The number of methoxy groups -OCH3 is 2. The van der Waals surface area contributed by atoms with E-state index in [1.54, 1.807) is 7.11 Å². The van der Waals surface area contributed by atoms with Gasteiger partial charge in [0, 0.05) is 38.9 Å². The quantitative estimate of drug-likeness (QED) is 0.818. The molecule has 21 heavy (non-hydrogen) atoms. The zero-order chi connectivity index (χ0) is 15.7. The summed E-state index contributed by atoms with van der Waals surface area (Å²) in [6.45, 7) is 9.97. The van der Waals surface area contributed by atoms with Crippen LogP contribution in [-0.2, 0) is 9.47 Å². The molecule has 0 aromatic rings. The van der Waals surface area contributed by atoms with Gasteiger partial charge in [0.05, 0.1) is 12.7 Å². The molecule has 0 aromatic heterocycles. The minimum atomic E-state index is 0.483. The lowest BCUT2D eigenvalue weighted by molar-refractivity contribution is 0.108. The zero-order valence-electron chi connectivity index (χ0n) is 14.7. The number of hydrogen-bond acceptors (Lipinski definition) is 4. The monoisotopic (exact) mass is 300 g/mol. The standard InChI is InChI=1S/C9H19NO.C8H17NO/c1-4-5-10-7-9(11-3)6-8(10)2;1-3-7-4-5-8(9-7)6-10-2/h8-9H,4-7H2,1-3H3;7-9H,3-6H2,1-2H3. The van der Waals surface area contributed by atoms with Crippen LogP contribution in [0.2, 0.25) is 0 Å². The Hall–Kier alpha value is -0.160. The molecule has 2 fully saturated rings. The van der Waals surface area contributed by atoms with Gasteiger partial charge in [0.2, 0.25) is 0 Å². The van der Waals surface area contributed by atoms with E-state index in [0.717, 1.165) is 25.2 Å². The summed E-state index contributed by atoms with van der Waals surface area (Å²) in [7, 11) is 3.58. The molecule has 1 N–H and O–H groups in total. The molecule has 0 aromatic carbocycles. The van der Waals surface area contributed by atoms with Crippen molar-refractivity contribution in [1.82, 2.24) is 10.2 Å². The minimum Gasteiger partial charge on any atom is -0.383 e. The van der Waals surface area contributed by atoms with E-state index >= 15 is 0 Å². The SMILES string of the molecule is CCC1CCC(COC)N1.CCCN1CC(OC)CC1C. The predicted octanol–water partition coefficient (Wildman–Crippen LogP) is 2.67. The summed E-state index contributed by atoms with van der Waals surface area (Å²) in [5, 5.41) is 3.52. The summed E-state index contributed by atoms with van der Waals surface area (Å²) in [6, 6.07) is 2.09. The molecule has 0 saturated carbocycles. The van der Waals surface area contributed by atoms with E-state index in [-0.39, 0.29) is 0 Å². The van der Waals surface area contributed by atoms with Crippen LogP contribution in [0.15, 0.2) is 0 Å². The molecule has 2 aliphatic rings. The van der Waals surface area contributed by atoms with Crippen LogP contribution in [0.25, 0.3) is 0 Å². The van der Waals surface area contributed by atoms with Crippen molar-refractivity contribution >= 4 is 0 Å². The summed E-state index contributed by atoms with van der Waals surface area (Å²) < 4.78 is 10.4. The van der Waals surface area contributed by atoms with Crippen molar-refractivity contribution in [3.8, 4) is 0 Å². The first kappa shape index (κ1) is 18.9. The van der Waals surface area contributed by atoms with Crippen molar-refractivity contribution in [3.63, 3.8) is 0 Å². The molecule has 2 rings (SSSR count). The molecule has 0 bridgehead atoms. The number of rotatable bonds is 6. The smallest absolute Gasteiger partial charge is 0.0713 e. The predicted molar refractivity (Wildman–Crippen MR) is 88.9 cm³/mol. The Balaban J connectivity index is 0.000000211. The van der Waals surface area contributed by atoms with Crippen LogP contribution in [0.4, 0.5) is 0 Å². The Bertz CT molecular complexity index is 263. The third-order valence-electron chi connectivity index (χ3n) is 4.71. The molecule has 4 unspecified atom stereocenters. The molecule has 4 heteroatoms. The van der Waals surface area contributed by atoms with Gasteiger partial charge in [-0.25, -0.2) is 0 Å². The molecule has 0 amide bonds. The van der Waals surface area contributed by atoms with Crippen molar-refractivity contribution in [3.05, 3.63) is 0 Å². The number of ether oxygens (including phenoxy) is 2. The zero-order valence-corrected chi connectivity index (χ0v) is 14.7. The molecule has 0 aliphatic carbocycles. The minimum absolute atomic E-state index is 0.483. The maximum Gasteiger partial charge on any atom is 0.0713 e. The van der Waals surface area contributed by atoms with Crippen LogP contribution < -0.4 is 5.32 Å². The Labute approximate surface area is 131 Å². The van der Waals surface area contributed by atoms with Crippen molar-refractivity contribution in [1.29, 1.82) is 0 Å². The van der Waals surface area contributed by atoms with E-state index in [4.69, 9.17) is 9.47 Å². The van der Waals surface area contributed by atoms with Crippen molar-refractivity contribution in [2.45, 2.75) is 77.1 Å². The van der Waals surface area contributed by atoms with Crippen LogP contribution in [0.5, 0.6) is 0 Å². The third-order valence-corrected chi connectivity index (χ3v) is 4.71. The summed E-state index contributed by atoms with van der Waals surface area (Å²) in [5.41, 5.74) is 0. The first-order chi connectivity index (χ1) is 10.1. The van der Waals surface area contributed by atoms with Crippen molar-refractivity contribution in [2.24, 2.45) is 0 Å². The molecular weight excluding hydrogens is 264 g/mol. The summed E-state index contributed by atoms with van der Waals surface area (Å²) in [4.78, 5) is 2.51. The fraction of sp³-hybridized carbons (Fsp3) is 1.00. The lowest BCUT2D eigenvalue weighted by atomic mass is 10.2. The number of nitrogens with one attached hydrogen (secondary N) is 1. The largest absolute Gasteiger partial charge is 0.383 e. The fourth-order valence-corrected chi connectivity index (χ4v) is 3.37. The van der Waals surface area contributed by atoms with E-state index < -0.39 is 0 Å². The van der Waals surface area contributed by atoms with Gasteiger partial charge in [-0.1, -0.05) is 13.8 Å². The van der Waals surface area contributed by atoms with E-state index in [2.05, 4.69) is 31.0 Å². The molecule has 126 valence electrons. The summed E-state index contributed by atoms with van der Waals surface area (Å²) in [5.74, 6) is 0. The fourth-order valence-electron chi connectivity index (χ4n) is 3.37. The maximum absolute atomic E-state index is 5.32. The molecule has 2 aliphatic heterocycles. The summed E-state index contributed by atoms with van der Waals surface area (Å²) in [6.07, 6.45) is 6.80. The molecule has 4 nitrogen and oxygen atoms in total. The first-order valence-electron chi connectivity index (χ1n) is 8.66. The molecule has 2 saturated heterocycles. The Morgan fingerprint density at radius 1 is 1.14 bits per heavy atom. The van der Waals surface area contributed by atoms with Crippen LogP contribution in [0.3, 0.4) is 0 Å². The number of nitrogens with zero attached hydrogens (tertiary/aromatic N) is 1. The second-order valence-electron chi connectivity index (χ2n) is 6.44. The topological polar surface area (TPSA) is 33.7 Å². The highest BCUT2D eigenvalue weighted by molar-refractivity contribution is 4.82. The van der Waals surface area contributed by atoms with Crippen LogP contribution in [-0.4, -0.2) is 63.0 Å². The highest BCUT2D eigenvalue weighted by Gasteiger charge is 2.27. The maximum atomic E-state index is 5.32. The van der Waals surface area contributed by atoms with Gasteiger partial charge in [-0.15, -0.1) is 0 Å². The molecule has 0 radical (unpaired) electrons. The van der Waals surface area contributed by atoms with Crippen LogP contribution >= 0.6 is 0 Å². The highest BCUT2D eigenvalue weighted by Crippen LogP contribution is 2.19. The van der Waals surface area contributed by atoms with Crippen LogP contribution in [0, 0.1) is 0 Å². The van der Waals surface area contributed by atoms with Gasteiger partial charge in [-0.05, 0) is 45.6 Å². The second-order valence-corrected chi connectivity index (χ2v) is 6.44. The van der Waals surface area contributed by atoms with Crippen LogP contribution in [0.1, 0.15) is 52.9 Å². The van der Waals surface area contributed by atoms with Gasteiger partial charge in [-0.2, -0.15) is 0 Å². The van der Waals surface area contributed by atoms with Gasteiger partial charge in [0.15, 0.2) is 0 Å². The van der Waals surface area contributed by atoms with Gasteiger partial charge >= 0.3 is 0 Å². The van der Waals surface area contributed by atoms with Gasteiger partial charge in [0.1, 0.15) is 0 Å². The van der Waals surface area contributed by atoms with Crippen molar-refractivity contribution in [2.75, 3.05) is 33.9 Å². The highest BCUT2D eigenvalue weighted by atomic mass is 16.5.